The maximum atomic E-state index is 13.2. The summed E-state index contributed by atoms with van der Waals surface area (Å²) in [7, 11) is 0. The summed E-state index contributed by atoms with van der Waals surface area (Å²) in [6, 6.07) is 0. The predicted octanol–water partition coefficient (Wildman–Crippen LogP) is 3.31. The van der Waals surface area contributed by atoms with Crippen LogP contribution in [0.4, 0.5) is 13.2 Å². The van der Waals surface area contributed by atoms with Crippen molar-refractivity contribution >= 4 is 23.5 Å². The molecule has 0 aromatic carbocycles. The number of aromatic nitrogens is 1. The van der Waals surface area contributed by atoms with Gasteiger partial charge in [-0.15, -0.1) is 11.8 Å². The van der Waals surface area contributed by atoms with Gasteiger partial charge in [-0.25, -0.2) is 13.8 Å². The van der Waals surface area contributed by atoms with Gasteiger partial charge in [0.15, 0.2) is 5.82 Å². The Morgan fingerprint density at radius 1 is 1.50 bits per heavy atom. The lowest BCUT2D eigenvalue weighted by Gasteiger charge is -2.02. The smallest absolute Gasteiger partial charge is 0.249 e. The van der Waals surface area contributed by atoms with Crippen molar-refractivity contribution in [3.8, 4) is 0 Å². The molecule has 0 aliphatic heterocycles. The zero-order chi connectivity index (χ0) is 13.5. The van der Waals surface area contributed by atoms with Gasteiger partial charge < -0.3 is 5.41 Å². The van der Waals surface area contributed by atoms with Gasteiger partial charge in [0.25, 0.3) is 0 Å². The van der Waals surface area contributed by atoms with E-state index < -0.39 is 17.6 Å². The van der Waals surface area contributed by atoms with Crippen molar-refractivity contribution in [1.82, 2.24) is 4.98 Å². The van der Waals surface area contributed by atoms with E-state index in [9.17, 15) is 13.2 Å². The van der Waals surface area contributed by atoms with Crippen LogP contribution in [-0.4, -0.2) is 16.7 Å². The second-order valence-corrected chi connectivity index (χ2v) is 4.04. The van der Waals surface area contributed by atoms with Gasteiger partial charge >= 0.3 is 0 Å². The lowest BCUT2D eigenvalue weighted by atomic mass is 10.3. The first kappa shape index (κ1) is 14.4. The largest absolute Gasteiger partial charge is 0.309 e. The molecule has 0 bridgehead atoms. The average Bonchev–Trinajstić information content (AvgIpc) is 2.33. The molecule has 0 atom stereocenters. The van der Waals surface area contributed by atoms with Gasteiger partial charge in [-0.2, -0.15) is 4.39 Å². The molecule has 0 unspecified atom stereocenters. The normalized spacial score (nSPS) is 12.1. The van der Waals surface area contributed by atoms with E-state index >= 15 is 0 Å². The summed E-state index contributed by atoms with van der Waals surface area (Å²) in [6.45, 7) is 1.68. The van der Waals surface area contributed by atoms with Crippen molar-refractivity contribution in [3.05, 3.63) is 41.1 Å². The fourth-order valence-electron chi connectivity index (χ4n) is 1.01. The highest BCUT2D eigenvalue weighted by Gasteiger charge is 2.14. The molecule has 0 aliphatic carbocycles. The van der Waals surface area contributed by atoms with Crippen molar-refractivity contribution in [3.63, 3.8) is 0 Å². The molecule has 0 amide bonds. The van der Waals surface area contributed by atoms with Crippen LogP contribution in [0.15, 0.2) is 23.0 Å². The lowest BCUT2D eigenvalue weighted by Crippen LogP contribution is -2.00. The number of allylic oxidation sites excluding steroid dienone is 2. The van der Waals surface area contributed by atoms with Gasteiger partial charge in [-0.3, -0.25) is 4.99 Å². The van der Waals surface area contributed by atoms with E-state index in [0.717, 1.165) is 18.0 Å². The molecule has 1 aromatic rings. The molecule has 1 aromatic heterocycles. The molecule has 7 heteroatoms. The molecule has 0 fully saturated rings. The minimum absolute atomic E-state index is 0.0848. The number of pyridine rings is 1. The number of nitrogens with one attached hydrogen (secondary N) is 1. The van der Waals surface area contributed by atoms with Crippen LogP contribution in [-0.2, 0) is 5.75 Å². The van der Waals surface area contributed by atoms with Crippen molar-refractivity contribution in [1.29, 1.82) is 5.41 Å². The van der Waals surface area contributed by atoms with E-state index in [4.69, 9.17) is 5.41 Å². The first-order chi connectivity index (χ1) is 8.56. The molecule has 0 saturated carbocycles. The molecule has 0 saturated heterocycles. The number of hydrogen-bond acceptors (Lipinski definition) is 4. The maximum Gasteiger partial charge on any atom is 0.249 e. The third-order valence-corrected chi connectivity index (χ3v) is 2.62. The van der Waals surface area contributed by atoms with Crippen LogP contribution >= 0.6 is 11.8 Å². The molecule has 1 heterocycles. The average molecular weight is 273 g/mol. The molecule has 0 aliphatic rings. The molecule has 3 nitrogen and oxygen atoms in total. The van der Waals surface area contributed by atoms with E-state index in [0.29, 0.717) is 11.9 Å². The number of nitrogens with zero attached hydrogens (tertiary/aromatic N) is 2. The molecular formula is C11H10F3N3S. The predicted molar refractivity (Wildman–Crippen MR) is 66.4 cm³/mol. The first-order valence-electron chi connectivity index (χ1n) is 4.86. The van der Waals surface area contributed by atoms with Crippen molar-refractivity contribution in [2.45, 2.75) is 12.7 Å². The maximum absolute atomic E-state index is 13.2. The van der Waals surface area contributed by atoms with E-state index in [1.165, 1.54) is 11.6 Å². The summed E-state index contributed by atoms with van der Waals surface area (Å²) in [5.74, 6) is -3.56. The van der Waals surface area contributed by atoms with Crippen molar-refractivity contribution in [2.75, 3.05) is 0 Å². The fraction of sp³-hybridized carbons (Fsp3) is 0.182. The van der Waals surface area contributed by atoms with Crippen LogP contribution in [0, 0.1) is 23.0 Å². The number of aliphatic imine (C=N–C) groups is 1. The van der Waals surface area contributed by atoms with E-state index in [-0.39, 0.29) is 11.3 Å². The molecule has 18 heavy (non-hydrogen) atoms. The minimum atomic E-state index is -1.32. The van der Waals surface area contributed by atoms with E-state index in [1.54, 1.807) is 6.92 Å². The lowest BCUT2D eigenvalue weighted by molar-refractivity contribution is 0.455. The van der Waals surface area contributed by atoms with Gasteiger partial charge in [0, 0.05) is 23.2 Å². The van der Waals surface area contributed by atoms with E-state index in [2.05, 4.69) is 9.98 Å². The molecule has 0 spiro atoms. The Morgan fingerprint density at radius 2 is 2.22 bits per heavy atom. The quantitative estimate of drug-likeness (QED) is 0.508. The van der Waals surface area contributed by atoms with Gasteiger partial charge in [0.2, 0.25) is 5.95 Å². The molecule has 1 N–H and O–H groups in total. The highest BCUT2D eigenvalue weighted by atomic mass is 32.2. The van der Waals surface area contributed by atoms with Crippen molar-refractivity contribution < 1.29 is 13.2 Å². The van der Waals surface area contributed by atoms with Crippen LogP contribution < -0.4 is 0 Å². The van der Waals surface area contributed by atoms with Crippen LogP contribution in [0.2, 0.25) is 0 Å². The molecule has 0 radical (unpaired) electrons. The zero-order valence-corrected chi connectivity index (χ0v) is 10.3. The van der Waals surface area contributed by atoms with Gasteiger partial charge in [0.1, 0.15) is 5.82 Å². The summed E-state index contributed by atoms with van der Waals surface area (Å²) in [5.41, 5.74) is 1.60. The number of halogens is 3. The summed E-state index contributed by atoms with van der Waals surface area (Å²) in [6.07, 6.45) is 3.19. The third kappa shape index (κ3) is 3.99. The van der Waals surface area contributed by atoms with Crippen molar-refractivity contribution in [2.24, 2.45) is 4.99 Å². The van der Waals surface area contributed by atoms with Crippen LogP contribution in [0.1, 0.15) is 12.5 Å². The Kier molecular flexibility index (Phi) is 5.57. The highest BCUT2D eigenvalue weighted by Crippen LogP contribution is 2.18. The number of rotatable bonds is 5. The Hall–Kier alpha value is -1.63. The zero-order valence-electron chi connectivity index (χ0n) is 9.45. The Bertz CT molecular complexity index is 501. The SMILES string of the molecule is C/C(=C/C=N)N=CSCc1c(F)cnc(F)c1F. The summed E-state index contributed by atoms with van der Waals surface area (Å²) in [5, 5.41) is 6.80. The molecule has 1 rings (SSSR count). The first-order valence-corrected chi connectivity index (χ1v) is 5.91. The molecular weight excluding hydrogens is 263 g/mol. The second kappa shape index (κ2) is 6.95. The van der Waals surface area contributed by atoms with Gasteiger partial charge in [-0.05, 0) is 13.0 Å². The Labute approximate surface area is 106 Å². The molecule has 96 valence electrons. The topological polar surface area (TPSA) is 49.1 Å². The van der Waals surface area contributed by atoms with Crippen LogP contribution in [0.5, 0.6) is 0 Å². The number of hydrogen-bond donors (Lipinski definition) is 1. The second-order valence-electron chi connectivity index (χ2n) is 3.21. The minimum Gasteiger partial charge on any atom is -0.309 e. The monoisotopic (exact) mass is 273 g/mol. The summed E-state index contributed by atoms with van der Waals surface area (Å²) >= 11 is 1.02. The van der Waals surface area contributed by atoms with Crippen LogP contribution in [0.3, 0.4) is 0 Å². The standard InChI is InChI=1S/C11H10F3N3S/c1-7(2-3-15)17-6-18-5-8-9(12)4-16-11(14)10(8)13/h2-4,6,15H,5H2,1H3/b7-2-,15-3?,17-6?. The van der Waals surface area contributed by atoms with Gasteiger partial charge in [-0.1, -0.05) is 0 Å². The Balaban J connectivity index is 2.67. The summed E-state index contributed by atoms with van der Waals surface area (Å²) in [4.78, 5) is 6.83. The number of thioether (sulfide) groups is 1. The van der Waals surface area contributed by atoms with E-state index in [1.807, 2.05) is 0 Å². The highest BCUT2D eigenvalue weighted by molar-refractivity contribution is 8.11. The van der Waals surface area contributed by atoms with Gasteiger partial charge in [0.05, 0.1) is 11.7 Å². The van der Waals surface area contributed by atoms with Crippen LogP contribution in [0.25, 0.3) is 0 Å². The summed E-state index contributed by atoms with van der Waals surface area (Å²) < 4.78 is 39.1. The fourth-order valence-corrected chi connectivity index (χ4v) is 1.76. The third-order valence-electron chi connectivity index (χ3n) is 1.91. The Morgan fingerprint density at radius 3 is 2.89 bits per heavy atom.